The van der Waals surface area contributed by atoms with Crippen molar-refractivity contribution in [3.05, 3.63) is 70.6 Å². The van der Waals surface area contributed by atoms with Crippen molar-refractivity contribution in [3.63, 3.8) is 0 Å². The lowest BCUT2D eigenvalue weighted by molar-refractivity contribution is -0.118. The van der Waals surface area contributed by atoms with Crippen LogP contribution in [0.4, 0.5) is 0 Å². The van der Waals surface area contributed by atoms with Crippen LogP contribution in [-0.4, -0.2) is 45.2 Å². The summed E-state index contributed by atoms with van der Waals surface area (Å²) < 4.78 is 7.66. The van der Waals surface area contributed by atoms with E-state index in [0.717, 1.165) is 35.5 Å². The van der Waals surface area contributed by atoms with Crippen LogP contribution < -0.4 is 15.8 Å². The van der Waals surface area contributed by atoms with Crippen LogP contribution in [0.1, 0.15) is 60.3 Å². The number of primary amides is 1. The van der Waals surface area contributed by atoms with Gasteiger partial charge in [-0.15, -0.1) is 0 Å². The van der Waals surface area contributed by atoms with Crippen molar-refractivity contribution in [1.82, 2.24) is 14.9 Å². The third kappa shape index (κ3) is 7.11. The molecule has 1 fully saturated rings. The number of carbonyl (C=O) groups is 2. The van der Waals surface area contributed by atoms with Crippen molar-refractivity contribution >= 4 is 23.4 Å². The number of nitrogens with two attached hydrogens (primary N) is 1. The summed E-state index contributed by atoms with van der Waals surface area (Å²) in [6, 6.07) is 12.8. The van der Waals surface area contributed by atoms with E-state index in [1.54, 1.807) is 18.2 Å². The molecule has 0 aliphatic heterocycles. The highest BCUT2D eigenvalue weighted by atomic mass is 35.5. The second-order valence-corrected chi connectivity index (χ2v) is 10.1. The molecule has 0 bridgehead atoms. The van der Waals surface area contributed by atoms with Crippen LogP contribution >= 0.6 is 11.6 Å². The van der Waals surface area contributed by atoms with Crippen molar-refractivity contribution in [2.45, 2.75) is 57.1 Å². The van der Waals surface area contributed by atoms with E-state index in [9.17, 15) is 14.7 Å². The number of aliphatic hydroxyl groups is 1. The number of aromatic nitrogens is 2. The summed E-state index contributed by atoms with van der Waals surface area (Å²) in [6.45, 7) is 1.89. The molecule has 1 saturated carbocycles. The Balaban J connectivity index is 1.40. The molecule has 8 nitrogen and oxygen atoms in total. The molecule has 37 heavy (non-hydrogen) atoms. The molecule has 0 unspecified atom stereocenters. The van der Waals surface area contributed by atoms with Crippen LogP contribution in [0.2, 0.25) is 5.02 Å². The number of hydrogen-bond acceptors (Lipinski definition) is 5. The summed E-state index contributed by atoms with van der Waals surface area (Å²) in [6.07, 6.45) is 5.44. The first kappa shape index (κ1) is 26.7. The Morgan fingerprint density at radius 2 is 1.97 bits per heavy atom. The smallest absolute Gasteiger partial charge is 0.251 e. The van der Waals surface area contributed by atoms with Gasteiger partial charge in [0.15, 0.2) is 0 Å². The lowest BCUT2D eigenvalue weighted by atomic mass is 10.0. The second-order valence-electron chi connectivity index (χ2n) is 9.71. The summed E-state index contributed by atoms with van der Waals surface area (Å²) >= 11 is 6.32. The summed E-state index contributed by atoms with van der Waals surface area (Å²) in [5, 5.41) is 13.0. The number of benzene rings is 2. The molecular formula is C28H33ClN4O4. The van der Waals surface area contributed by atoms with E-state index in [2.05, 4.69) is 5.32 Å². The van der Waals surface area contributed by atoms with E-state index in [1.165, 1.54) is 0 Å². The lowest BCUT2D eigenvalue weighted by Gasteiger charge is -2.18. The Morgan fingerprint density at radius 3 is 2.59 bits per heavy atom. The topological polar surface area (TPSA) is 119 Å². The van der Waals surface area contributed by atoms with E-state index >= 15 is 0 Å². The van der Waals surface area contributed by atoms with E-state index in [1.807, 2.05) is 49.0 Å². The number of halogens is 1. The monoisotopic (exact) mass is 524 g/mol. The zero-order valence-corrected chi connectivity index (χ0v) is 21.9. The molecule has 3 aromatic rings. The minimum atomic E-state index is -0.353. The Labute approximate surface area is 221 Å². The fourth-order valence-corrected chi connectivity index (χ4v) is 4.54. The number of ether oxygens (including phenoxy) is 1. The van der Waals surface area contributed by atoms with Crippen LogP contribution in [0.15, 0.2) is 48.7 Å². The molecule has 1 heterocycles. The van der Waals surface area contributed by atoms with Crippen molar-refractivity contribution < 1.29 is 19.4 Å². The molecule has 2 atom stereocenters. The SMILES string of the molecule is C[C@H](CC(N)=O)c1nc(-c2ccc(C[C@@H](CCO)NC(=O)c3ccc(OC4CC4)c(Cl)c3)cc2)cn1C. The van der Waals surface area contributed by atoms with Gasteiger partial charge < -0.3 is 25.5 Å². The van der Waals surface area contributed by atoms with Crippen LogP contribution in [0.3, 0.4) is 0 Å². The number of nitrogens with one attached hydrogen (secondary N) is 1. The lowest BCUT2D eigenvalue weighted by Crippen LogP contribution is -2.37. The number of nitrogens with zero attached hydrogens (tertiary/aromatic N) is 2. The third-order valence-corrected chi connectivity index (χ3v) is 6.71. The van der Waals surface area contributed by atoms with Crippen LogP contribution in [0.25, 0.3) is 11.3 Å². The van der Waals surface area contributed by atoms with Gasteiger partial charge in [-0.2, -0.15) is 0 Å². The Bertz CT molecular complexity index is 1250. The summed E-state index contributed by atoms with van der Waals surface area (Å²) in [5.74, 6) is 0.718. The average Bonchev–Trinajstić information content (AvgIpc) is 3.58. The maximum absolute atomic E-state index is 12.9. The number of hydrogen-bond donors (Lipinski definition) is 3. The molecule has 1 aliphatic carbocycles. The molecule has 2 amide bonds. The predicted octanol–water partition coefficient (Wildman–Crippen LogP) is 3.98. The second kappa shape index (κ2) is 11.8. The summed E-state index contributed by atoms with van der Waals surface area (Å²) in [4.78, 5) is 28.9. The first-order chi connectivity index (χ1) is 17.7. The molecule has 0 spiro atoms. The van der Waals surface area contributed by atoms with Gasteiger partial charge in [0.2, 0.25) is 5.91 Å². The van der Waals surface area contributed by atoms with Gasteiger partial charge in [-0.3, -0.25) is 9.59 Å². The number of imidazole rings is 1. The van der Waals surface area contributed by atoms with Crippen LogP contribution in [-0.2, 0) is 18.3 Å². The number of aliphatic hydroxyl groups excluding tert-OH is 1. The molecule has 9 heteroatoms. The predicted molar refractivity (Wildman–Crippen MR) is 143 cm³/mol. The van der Waals surface area contributed by atoms with Gasteiger partial charge >= 0.3 is 0 Å². The van der Waals surface area contributed by atoms with Gasteiger partial charge in [-0.25, -0.2) is 4.98 Å². The molecule has 0 saturated heterocycles. The highest BCUT2D eigenvalue weighted by molar-refractivity contribution is 6.32. The minimum Gasteiger partial charge on any atom is -0.489 e. The molecule has 4 N–H and O–H groups in total. The summed E-state index contributed by atoms with van der Waals surface area (Å²) in [5.41, 5.74) is 8.57. The van der Waals surface area contributed by atoms with Crippen molar-refractivity contribution in [2.24, 2.45) is 12.8 Å². The van der Waals surface area contributed by atoms with E-state index in [-0.39, 0.29) is 42.9 Å². The Kier molecular flexibility index (Phi) is 8.51. The molecule has 2 aromatic carbocycles. The number of rotatable bonds is 12. The minimum absolute atomic E-state index is 0.0435. The third-order valence-electron chi connectivity index (χ3n) is 6.42. The molecule has 1 aliphatic rings. The van der Waals surface area contributed by atoms with Gasteiger partial charge in [-0.05, 0) is 49.4 Å². The Morgan fingerprint density at radius 1 is 1.24 bits per heavy atom. The molecule has 1 aromatic heterocycles. The van der Waals surface area contributed by atoms with E-state index in [0.29, 0.717) is 29.2 Å². The fourth-order valence-electron chi connectivity index (χ4n) is 4.32. The van der Waals surface area contributed by atoms with Gasteiger partial charge in [0.25, 0.3) is 5.91 Å². The summed E-state index contributed by atoms with van der Waals surface area (Å²) in [7, 11) is 1.90. The van der Waals surface area contributed by atoms with Gasteiger partial charge in [0.05, 0.1) is 16.8 Å². The standard InChI is InChI=1S/C28H33ClN4O4/c1-17(13-26(30)35)27-32-24(16-33(27)2)19-5-3-18(4-6-19)14-21(11-12-34)31-28(36)20-7-10-25(23(29)15-20)37-22-8-9-22/h3-7,10,15-17,21-22,34H,8-9,11-14H2,1-2H3,(H2,30,35)(H,31,36)/t17-,21-/m1/s1. The maximum atomic E-state index is 12.9. The number of carbonyl (C=O) groups excluding carboxylic acids is 2. The van der Waals surface area contributed by atoms with E-state index in [4.69, 9.17) is 27.1 Å². The van der Waals surface area contributed by atoms with Crippen molar-refractivity contribution in [3.8, 4) is 17.0 Å². The van der Waals surface area contributed by atoms with Crippen LogP contribution in [0, 0.1) is 0 Å². The first-order valence-electron chi connectivity index (χ1n) is 12.5. The first-order valence-corrected chi connectivity index (χ1v) is 12.9. The number of amides is 2. The maximum Gasteiger partial charge on any atom is 0.251 e. The van der Waals surface area contributed by atoms with Crippen molar-refractivity contribution in [1.29, 1.82) is 0 Å². The highest BCUT2D eigenvalue weighted by Gasteiger charge is 2.25. The zero-order valence-electron chi connectivity index (χ0n) is 21.1. The largest absolute Gasteiger partial charge is 0.489 e. The normalized spacial score (nSPS) is 14.7. The van der Waals surface area contributed by atoms with E-state index < -0.39 is 0 Å². The fraction of sp³-hybridized carbons (Fsp3) is 0.393. The molecular weight excluding hydrogens is 492 g/mol. The average molecular weight is 525 g/mol. The Hall–Kier alpha value is -3.36. The molecule has 4 rings (SSSR count). The van der Waals surface area contributed by atoms with Gasteiger partial charge in [0.1, 0.15) is 11.6 Å². The van der Waals surface area contributed by atoms with Gasteiger partial charge in [-0.1, -0.05) is 42.8 Å². The molecule has 0 radical (unpaired) electrons. The van der Waals surface area contributed by atoms with Crippen molar-refractivity contribution in [2.75, 3.05) is 6.61 Å². The van der Waals surface area contributed by atoms with Gasteiger partial charge in [0, 0.05) is 49.4 Å². The number of aryl methyl sites for hydroxylation is 1. The highest BCUT2D eigenvalue weighted by Crippen LogP contribution is 2.32. The molecule has 196 valence electrons. The zero-order chi connectivity index (χ0) is 26.5. The van der Waals surface area contributed by atoms with Crippen LogP contribution in [0.5, 0.6) is 5.75 Å². The quantitative estimate of drug-likeness (QED) is 0.331.